The summed E-state index contributed by atoms with van der Waals surface area (Å²) in [6.45, 7) is 3.87. The highest BCUT2D eigenvalue weighted by atomic mass is 16.1. The molecule has 0 aliphatic heterocycles. The Hall–Kier alpha value is -2.16. The Bertz CT molecular complexity index is 559. The quantitative estimate of drug-likeness (QED) is 0.853. The van der Waals surface area contributed by atoms with Gasteiger partial charge >= 0.3 is 0 Å². The molecule has 0 amide bonds. The second kappa shape index (κ2) is 5.22. The molecule has 2 aromatic rings. The Labute approximate surface area is 113 Å². The summed E-state index contributed by atoms with van der Waals surface area (Å²) >= 11 is 0. The average Bonchev–Trinajstić information content (AvgIpc) is 2.40. The first kappa shape index (κ1) is 13.3. The van der Waals surface area contributed by atoms with Gasteiger partial charge in [0.15, 0.2) is 0 Å². The number of pyridine rings is 1. The summed E-state index contributed by atoms with van der Waals surface area (Å²) in [4.78, 5) is 16.6. The minimum absolute atomic E-state index is 0.149. The van der Waals surface area contributed by atoms with Gasteiger partial charge in [-0.3, -0.25) is 9.78 Å². The van der Waals surface area contributed by atoms with Crippen LogP contribution in [0.2, 0.25) is 0 Å². The molecule has 2 N–H and O–H groups in total. The number of carbonyl (C=O) groups excluding carboxylic acids is 1. The Kier molecular flexibility index (Phi) is 3.65. The maximum Gasteiger partial charge on any atom is 0.148 e. The maximum absolute atomic E-state index is 12.4. The fourth-order valence-electron chi connectivity index (χ4n) is 1.95. The zero-order chi connectivity index (χ0) is 13.9. The van der Waals surface area contributed by atoms with Crippen LogP contribution in [0.1, 0.15) is 25.1 Å². The summed E-state index contributed by atoms with van der Waals surface area (Å²) in [5.41, 5.74) is 7.62. The molecule has 0 fully saturated rings. The lowest BCUT2D eigenvalue weighted by atomic mass is 9.79. The first-order chi connectivity index (χ1) is 9.00. The van der Waals surface area contributed by atoms with Gasteiger partial charge in [-0.2, -0.15) is 0 Å². The van der Waals surface area contributed by atoms with Crippen molar-refractivity contribution in [3.05, 3.63) is 59.9 Å². The molecule has 0 bridgehead atoms. The lowest BCUT2D eigenvalue weighted by Gasteiger charge is -2.23. The summed E-state index contributed by atoms with van der Waals surface area (Å²) < 4.78 is 0. The van der Waals surface area contributed by atoms with Crippen LogP contribution in [-0.2, 0) is 16.6 Å². The van der Waals surface area contributed by atoms with Crippen LogP contribution in [0, 0.1) is 0 Å². The second-order valence-corrected chi connectivity index (χ2v) is 5.17. The molecule has 0 atom stereocenters. The first-order valence-corrected chi connectivity index (χ1v) is 6.29. The Morgan fingerprint density at radius 3 is 2.42 bits per heavy atom. The summed E-state index contributed by atoms with van der Waals surface area (Å²) in [7, 11) is 0. The molecule has 3 nitrogen and oxygen atoms in total. The van der Waals surface area contributed by atoms with Gasteiger partial charge in [0, 0.05) is 29.4 Å². The fourth-order valence-corrected chi connectivity index (χ4v) is 1.95. The number of hydrogen-bond acceptors (Lipinski definition) is 3. The minimum atomic E-state index is -0.536. The van der Waals surface area contributed by atoms with E-state index in [1.54, 1.807) is 6.20 Å². The van der Waals surface area contributed by atoms with E-state index in [-0.39, 0.29) is 5.78 Å². The van der Waals surface area contributed by atoms with Crippen molar-refractivity contribution in [1.29, 1.82) is 0 Å². The van der Waals surface area contributed by atoms with Gasteiger partial charge in [-0.25, -0.2) is 0 Å². The van der Waals surface area contributed by atoms with E-state index in [1.807, 2.05) is 56.3 Å². The van der Waals surface area contributed by atoms with E-state index in [0.29, 0.717) is 12.1 Å². The van der Waals surface area contributed by atoms with Gasteiger partial charge < -0.3 is 5.73 Å². The monoisotopic (exact) mass is 254 g/mol. The number of rotatable bonds is 4. The van der Waals surface area contributed by atoms with Crippen molar-refractivity contribution >= 4 is 11.5 Å². The van der Waals surface area contributed by atoms with E-state index in [0.717, 1.165) is 11.3 Å². The van der Waals surface area contributed by atoms with Gasteiger partial charge in [-0.1, -0.05) is 18.2 Å². The number of Topliss-reactive ketones (excluding diaryl/α,β-unsaturated/α-hetero) is 1. The molecule has 0 aliphatic rings. The highest BCUT2D eigenvalue weighted by Crippen LogP contribution is 2.26. The molecule has 0 saturated heterocycles. The van der Waals surface area contributed by atoms with Crippen LogP contribution >= 0.6 is 0 Å². The molecule has 0 spiro atoms. The molecule has 1 aromatic carbocycles. The van der Waals surface area contributed by atoms with Crippen molar-refractivity contribution in [2.75, 3.05) is 5.73 Å². The number of benzene rings is 1. The van der Waals surface area contributed by atoms with Crippen molar-refractivity contribution in [2.45, 2.75) is 25.7 Å². The maximum atomic E-state index is 12.4. The van der Waals surface area contributed by atoms with E-state index >= 15 is 0 Å². The zero-order valence-electron chi connectivity index (χ0n) is 11.3. The number of nitrogens with two attached hydrogens (primary N) is 1. The molecule has 1 aromatic heterocycles. The predicted octanol–water partition coefficient (Wildman–Crippen LogP) is 2.75. The van der Waals surface area contributed by atoms with Crippen LogP contribution in [0.4, 0.5) is 5.69 Å². The molecule has 0 radical (unpaired) electrons. The Morgan fingerprint density at radius 1 is 1.16 bits per heavy atom. The number of carbonyl (C=O) groups is 1. The van der Waals surface area contributed by atoms with Crippen molar-refractivity contribution in [1.82, 2.24) is 4.98 Å². The summed E-state index contributed by atoms with van der Waals surface area (Å²) in [6, 6.07) is 13.1. The van der Waals surface area contributed by atoms with Crippen LogP contribution in [0.5, 0.6) is 0 Å². The van der Waals surface area contributed by atoms with Crippen LogP contribution in [-0.4, -0.2) is 10.8 Å². The topological polar surface area (TPSA) is 56.0 Å². The average molecular weight is 254 g/mol. The highest BCUT2D eigenvalue weighted by Gasteiger charge is 2.29. The standard InChI is InChI=1S/C16H18N2O/c1-16(2,12-6-8-13(17)9-7-12)15(19)11-14-5-3-4-10-18-14/h3-10H,11,17H2,1-2H3. The SMILES string of the molecule is CC(C)(C(=O)Cc1ccccn1)c1ccc(N)cc1. The van der Waals surface area contributed by atoms with E-state index in [2.05, 4.69) is 4.98 Å². The van der Waals surface area contributed by atoms with Crippen LogP contribution in [0.15, 0.2) is 48.7 Å². The number of nitrogen functional groups attached to an aromatic ring is 1. The normalized spacial score (nSPS) is 11.3. The largest absolute Gasteiger partial charge is 0.399 e. The second-order valence-electron chi connectivity index (χ2n) is 5.17. The zero-order valence-corrected chi connectivity index (χ0v) is 11.3. The van der Waals surface area contributed by atoms with E-state index in [9.17, 15) is 4.79 Å². The summed E-state index contributed by atoms with van der Waals surface area (Å²) in [6.07, 6.45) is 2.05. The number of nitrogens with zero attached hydrogens (tertiary/aromatic N) is 1. The van der Waals surface area contributed by atoms with Gasteiger partial charge in [0.25, 0.3) is 0 Å². The molecular formula is C16H18N2O. The van der Waals surface area contributed by atoms with Gasteiger partial charge in [-0.15, -0.1) is 0 Å². The lowest BCUT2D eigenvalue weighted by Crippen LogP contribution is -2.30. The summed E-state index contributed by atoms with van der Waals surface area (Å²) in [5, 5.41) is 0. The van der Waals surface area contributed by atoms with Crippen molar-refractivity contribution in [3.8, 4) is 0 Å². The van der Waals surface area contributed by atoms with Crippen molar-refractivity contribution in [2.24, 2.45) is 0 Å². The van der Waals surface area contributed by atoms with Gasteiger partial charge in [0.05, 0.1) is 0 Å². The van der Waals surface area contributed by atoms with E-state index in [1.165, 1.54) is 0 Å². The predicted molar refractivity (Wildman–Crippen MR) is 76.8 cm³/mol. The summed E-state index contributed by atoms with van der Waals surface area (Å²) in [5.74, 6) is 0.149. The van der Waals surface area contributed by atoms with Crippen LogP contribution in [0.3, 0.4) is 0 Å². The van der Waals surface area contributed by atoms with Crippen LogP contribution in [0.25, 0.3) is 0 Å². The minimum Gasteiger partial charge on any atom is -0.399 e. The van der Waals surface area contributed by atoms with Crippen LogP contribution < -0.4 is 5.73 Å². The number of hydrogen-bond donors (Lipinski definition) is 1. The van der Waals surface area contributed by atoms with Gasteiger partial charge in [-0.05, 0) is 43.7 Å². The Morgan fingerprint density at radius 2 is 1.84 bits per heavy atom. The smallest absolute Gasteiger partial charge is 0.148 e. The third kappa shape index (κ3) is 2.99. The molecule has 1 heterocycles. The molecule has 19 heavy (non-hydrogen) atoms. The van der Waals surface area contributed by atoms with E-state index < -0.39 is 5.41 Å². The molecule has 2 rings (SSSR count). The van der Waals surface area contributed by atoms with Crippen molar-refractivity contribution in [3.63, 3.8) is 0 Å². The molecule has 0 unspecified atom stereocenters. The highest BCUT2D eigenvalue weighted by molar-refractivity contribution is 5.90. The van der Waals surface area contributed by atoms with Gasteiger partial charge in [0.1, 0.15) is 5.78 Å². The molecule has 3 heteroatoms. The number of anilines is 1. The lowest BCUT2D eigenvalue weighted by molar-refractivity contribution is -0.122. The third-order valence-electron chi connectivity index (χ3n) is 3.40. The molecular weight excluding hydrogens is 236 g/mol. The van der Waals surface area contributed by atoms with Gasteiger partial charge in [0.2, 0.25) is 0 Å². The molecule has 0 saturated carbocycles. The van der Waals surface area contributed by atoms with Crippen molar-refractivity contribution < 1.29 is 4.79 Å². The number of ketones is 1. The number of aromatic nitrogens is 1. The first-order valence-electron chi connectivity index (χ1n) is 6.29. The third-order valence-corrected chi connectivity index (χ3v) is 3.40. The fraction of sp³-hybridized carbons (Fsp3) is 0.250. The Balaban J connectivity index is 2.19. The molecule has 98 valence electrons. The molecule has 0 aliphatic carbocycles. The van der Waals surface area contributed by atoms with E-state index in [4.69, 9.17) is 5.73 Å².